The minimum atomic E-state index is -4.56. The first-order chi connectivity index (χ1) is 18.1. The molecule has 8 nitrogen and oxygen atoms in total. The van der Waals surface area contributed by atoms with E-state index in [0.29, 0.717) is 55.9 Å². The summed E-state index contributed by atoms with van der Waals surface area (Å²) < 4.78 is 46.2. The summed E-state index contributed by atoms with van der Waals surface area (Å²) in [7, 11) is 2.11. The first-order valence-electron chi connectivity index (χ1n) is 12.8. The van der Waals surface area contributed by atoms with Crippen LogP contribution in [-0.4, -0.2) is 86.3 Å². The lowest BCUT2D eigenvalue weighted by atomic mass is 10.1. The molecular weight excluding hydrogens is 521 g/mol. The van der Waals surface area contributed by atoms with E-state index in [0.717, 1.165) is 31.5 Å². The number of nitrogens with zero attached hydrogens (tertiary/aromatic N) is 4. The molecule has 2 aromatic rings. The van der Waals surface area contributed by atoms with Gasteiger partial charge in [-0.2, -0.15) is 13.2 Å². The molecule has 1 atom stereocenters. The number of carbonyl (C=O) groups is 1. The van der Waals surface area contributed by atoms with Gasteiger partial charge in [0.25, 0.3) is 0 Å². The maximum absolute atomic E-state index is 13.6. The van der Waals surface area contributed by atoms with Gasteiger partial charge in [0, 0.05) is 63.3 Å². The number of hydrogen-bond donors (Lipinski definition) is 2. The molecule has 0 saturated carbocycles. The molecule has 2 aliphatic rings. The quantitative estimate of drug-likeness (QED) is 0.459. The third-order valence-electron chi connectivity index (χ3n) is 6.99. The molecular formula is C26H34ClF3N6O2. The van der Waals surface area contributed by atoms with Crippen molar-refractivity contribution in [2.24, 2.45) is 0 Å². The first kappa shape index (κ1) is 28.3. The second-order valence-electron chi connectivity index (χ2n) is 9.70. The van der Waals surface area contributed by atoms with E-state index < -0.39 is 11.7 Å². The zero-order valence-corrected chi connectivity index (χ0v) is 22.4. The Morgan fingerprint density at radius 2 is 1.97 bits per heavy atom. The highest BCUT2D eigenvalue weighted by molar-refractivity contribution is 6.33. The van der Waals surface area contributed by atoms with Crippen molar-refractivity contribution in [2.45, 2.75) is 32.0 Å². The number of rotatable bonds is 8. The molecule has 1 amide bonds. The van der Waals surface area contributed by atoms with E-state index in [4.69, 9.17) is 16.3 Å². The molecule has 12 heteroatoms. The van der Waals surface area contributed by atoms with Gasteiger partial charge >= 0.3 is 6.18 Å². The highest BCUT2D eigenvalue weighted by Gasteiger charge is 2.34. The number of hydrogen-bond acceptors (Lipinski definition) is 7. The Balaban J connectivity index is 1.42. The largest absolute Gasteiger partial charge is 0.419 e. The zero-order chi connectivity index (χ0) is 27.3. The molecule has 38 heavy (non-hydrogen) atoms. The monoisotopic (exact) mass is 554 g/mol. The normalized spacial score (nSPS) is 19.4. The number of nitrogens with one attached hydrogen (secondary N) is 2. The standard InChI is InChI=1S/C26H34ClF3N6O2/c1-18-17-36(10-9-34(18)2)19-4-5-22(21(27)14-19)33-24-15-23(20(16-32-24)26(28,29)30)31-7-3-8-35-11-13-38-12-6-25(35)37/h4-5,14-16,18H,3,6-13,17H2,1-2H3,(H2,31,32,33). The average molecular weight is 555 g/mol. The number of anilines is 4. The SMILES string of the molecule is CC1CN(c2ccc(Nc3cc(NCCCN4CCOCCC4=O)c(C(F)(F)F)cn3)c(Cl)c2)CCN1C. The summed E-state index contributed by atoms with van der Waals surface area (Å²) in [5.74, 6) is 0.238. The smallest absolute Gasteiger partial charge is 0.384 e. The van der Waals surface area contributed by atoms with Gasteiger partial charge in [0.05, 0.1) is 41.6 Å². The van der Waals surface area contributed by atoms with Crippen LogP contribution in [0.1, 0.15) is 25.3 Å². The van der Waals surface area contributed by atoms with Gasteiger partial charge in [0.2, 0.25) is 5.91 Å². The summed E-state index contributed by atoms with van der Waals surface area (Å²) >= 11 is 6.54. The lowest BCUT2D eigenvalue weighted by Crippen LogP contribution is -2.50. The number of likely N-dealkylation sites (N-methyl/N-ethyl adjacent to an activating group) is 1. The van der Waals surface area contributed by atoms with Crippen LogP contribution in [0.2, 0.25) is 5.02 Å². The predicted octanol–water partition coefficient (Wildman–Crippen LogP) is 4.69. The van der Waals surface area contributed by atoms with Crippen molar-refractivity contribution in [3.63, 3.8) is 0 Å². The topological polar surface area (TPSA) is 73.0 Å². The van der Waals surface area contributed by atoms with Gasteiger partial charge in [0.1, 0.15) is 5.82 Å². The zero-order valence-electron chi connectivity index (χ0n) is 21.7. The average Bonchev–Trinajstić information content (AvgIpc) is 3.08. The van der Waals surface area contributed by atoms with Gasteiger partial charge in [0.15, 0.2) is 0 Å². The number of alkyl halides is 3. The van der Waals surface area contributed by atoms with E-state index in [-0.39, 0.29) is 24.0 Å². The van der Waals surface area contributed by atoms with Crippen molar-refractivity contribution in [1.29, 1.82) is 0 Å². The fraction of sp³-hybridized carbons (Fsp3) is 0.538. The molecule has 1 unspecified atom stereocenters. The van der Waals surface area contributed by atoms with Crippen molar-refractivity contribution >= 4 is 40.4 Å². The van der Waals surface area contributed by atoms with Crippen LogP contribution in [-0.2, 0) is 15.7 Å². The van der Waals surface area contributed by atoms with Gasteiger partial charge in [-0.1, -0.05) is 11.6 Å². The summed E-state index contributed by atoms with van der Waals surface area (Å²) in [5.41, 5.74) is 0.614. The van der Waals surface area contributed by atoms with E-state index in [1.54, 1.807) is 4.90 Å². The number of aromatic nitrogens is 1. The van der Waals surface area contributed by atoms with Crippen LogP contribution in [0.3, 0.4) is 0 Å². The molecule has 0 aliphatic carbocycles. The number of piperazine rings is 1. The van der Waals surface area contributed by atoms with E-state index in [2.05, 4.69) is 39.4 Å². The Hall–Kier alpha value is -2.76. The highest BCUT2D eigenvalue weighted by atomic mass is 35.5. The van der Waals surface area contributed by atoms with Gasteiger partial charge in [-0.15, -0.1) is 0 Å². The Kier molecular flexibility index (Phi) is 9.22. The van der Waals surface area contributed by atoms with Gasteiger partial charge in [-0.25, -0.2) is 4.98 Å². The van der Waals surface area contributed by atoms with Crippen LogP contribution in [0, 0.1) is 0 Å². The first-order valence-corrected chi connectivity index (χ1v) is 13.2. The summed E-state index contributed by atoms with van der Waals surface area (Å²) in [4.78, 5) is 22.3. The van der Waals surface area contributed by atoms with Crippen LogP contribution < -0.4 is 15.5 Å². The maximum atomic E-state index is 13.6. The second-order valence-corrected chi connectivity index (χ2v) is 10.1. The fourth-order valence-electron chi connectivity index (χ4n) is 4.57. The number of ether oxygens (including phenoxy) is 1. The summed E-state index contributed by atoms with van der Waals surface area (Å²) in [5, 5.41) is 6.38. The number of benzene rings is 1. The second kappa shape index (κ2) is 12.4. The van der Waals surface area contributed by atoms with Crippen molar-refractivity contribution in [3.8, 4) is 0 Å². The van der Waals surface area contributed by atoms with Crippen LogP contribution in [0.15, 0.2) is 30.5 Å². The molecule has 1 aromatic heterocycles. The molecule has 4 rings (SSSR count). The highest BCUT2D eigenvalue weighted by Crippen LogP contribution is 2.37. The molecule has 2 N–H and O–H groups in total. The van der Waals surface area contributed by atoms with Crippen LogP contribution >= 0.6 is 11.6 Å². The summed E-state index contributed by atoms with van der Waals surface area (Å²) in [6, 6.07) is 7.38. The van der Waals surface area contributed by atoms with Crippen molar-refractivity contribution in [1.82, 2.24) is 14.8 Å². The molecule has 2 aliphatic heterocycles. The molecule has 3 heterocycles. The van der Waals surface area contributed by atoms with E-state index >= 15 is 0 Å². The van der Waals surface area contributed by atoms with Crippen molar-refractivity contribution < 1.29 is 22.7 Å². The molecule has 2 fully saturated rings. The molecule has 0 bridgehead atoms. The minimum Gasteiger partial charge on any atom is -0.384 e. The van der Waals surface area contributed by atoms with E-state index in [1.807, 2.05) is 18.2 Å². The Morgan fingerprint density at radius 1 is 1.16 bits per heavy atom. The fourth-order valence-corrected chi connectivity index (χ4v) is 4.79. The minimum absolute atomic E-state index is 0.00101. The van der Waals surface area contributed by atoms with E-state index in [1.165, 1.54) is 6.07 Å². The number of amides is 1. The molecule has 1 aromatic carbocycles. The molecule has 208 valence electrons. The van der Waals surface area contributed by atoms with Gasteiger partial charge in [-0.3, -0.25) is 4.79 Å². The van der Waals surface area contributed by atoms with E-state index in [9.17, 15) is 18.0 Å². The number of halogens is 4. The lowest BCUT2D eigenvalue weighted by Gasteiger charge is -2.39. The Bertz CT molecular complexity index is 1120. The molecule has 2 saturated heterocycles. The molecule has 0 spiro atoms. The third-order valence-corrected chi connectivity index (χ3v) is 7.30. The summed E-state index contributed by atoms with van der Waals surface area (Å²) in [6.45, 7) is 6.96. The molecule has 0 radical (unpaired) electrons. The van der Waals surface area contributed by atoms with Crippen molar-refractivity contribution in [3.05, 3.63) is 41.0 Å². The van der Waals surface area contributed by atoms with Gasteiger partial charge < -0.3 is 30.1 Å². The summed E-state index contributed by atoms with van der Waals surface area (Å²) in [6.07, 6.45) is -2.94. The van der Waals surface area contributed by atoms with Crippen LogP contribution in [0.5, 0.6) is 0 Å². The Labute approximate surface area is 226 Å². The Morgan fingerprint density at radius 3 is 2.71 bits per heavy atom. The van der Waals surface area contributed by atoms with Crippen LogP contribution in [0.25, 0.3) is 0 Å². The van der Waals surface area contributed by atoms with Crippen LogP contribution in [0.4, 0.5) is 36.1 Å². The lowest BCUT2D eigenvalue weighted by molar-refractivity contribution is -0.137. The third kappa shape index (κ3) is 7.21. The number of carbonyl (C=O) groups excluding carboxylic acids is 1. The maximum Gasteiger partial charge on any atom is 0.419 e. The van der Waals surface area contributed by atoms with Crippen molar-refractivity contribution in [2.75, 3.05) is 75.1 Å². The number of pyridine rings is 1. The van der Waals surface area contributed by atoms with Gasteiger partial charge in [-0.05, 0) is 38.6 Å². The predicted molar refractivity (Wildman–Crippen MR) is 143 cm³/mol.